The molecule has 3 fully saturated rings. The van der Waals surface area contributed by atoms with Crippen molar-refractivity contribution in [3.63, 3.8) is 0 Å². The Balaban J connectivity index is 1.60. The molecule has 1 atom stereocenters. The molecule has 86 valence electrons. The van der Waals surface area contributed by atoms with Gasteiger partial charge in [0.2, 0.25) is 0 Å². The number of nitrogens with one attached hydrogen (secondary N) is 1. The Kier molecular flexibility index (Phi) is 2.71. The van der Waals surface area contributed by atoms with E-state index in [2.05, 4.69) is 10.2 Å². The van der Waals surface area contributed by atoms with Crippen LogP contribution in [0.15, 0.2) is 0 Å². The summed E-state index contributed by atoms with van der Waals surface area (Å²) in [5, 5.41) is 3.43. The van der Waals surface area contributed by atoms with Gasteiger partial charge >= 0.3 is 0 Å². The first-order chi connectivity index (χ1) is 7.38. The molecule has 3 aliphatic rings. The number of hydrogen-bond donors (Lipinski definition) is 1. The molecule has 0 aromatic carbocycles. The molecule has 1 spiro atoms. The molecule has 0 bridgehead atoms. The molecule has 3 rings (SSSR count). The summed E-state index contributed by atoms with van der Waals surface area (Å²) in [5.41, 5.74) is 0.313. The molecular weight excluding hydrogens is 188 g/mol. The molecule has 2 aliphatic heterocycles. The minimum absolute atomic E-state index is 0.313. The molecule has 0 radical (unpaired) electrons. The lowest BCUT2D eigenvalue weighted by Crippen LogP contribution is -2.55. The monoisotopic (exact) mass is 210 g/mol. The van der Waals surface area contributed by atoms with E-state index < -0.39 is 0 Å². The minimum Gasteiger partial charge on any atom is -0.375 e. The van der Waals surface area contributed by atoms with E-state index in [1.165, 1.54) is 58.3 Å². The standard InChI is InChI=1S/C12H22N2O/c1-3-12(4-1)10-11(2-9-15-12)14-7-5-13-6-8-14/h11,13H,1-10H2. The van der Waals surface area contributed by atoms with Crippen molar-refractivity contribution in [2.24, 2.45) is 0 Å². The first-order valence-electron chi connectivity index (χ1n) is 6.47. The van der Waals surface area contributed by atoms with Crippen molar-refractivity contribution in [1.29, 1.82) is 0 Å². The molecule has 1 unspecified atom stereocenters. The second-order valence-electron chi connectivity index (χ2n) is 5.32. The van der Waals surface area contributed by atoms with Gasteiger partial charge in [-0.3, -0.25) is 4.90 Å². The number of hydrogen-bond acceptors (Lipinski definition) is 3. The zero-order chi connectivity index (χ0) is 10.1. The van der Waals surface area contributed by atoms with E-state index in [1.807, 2.05) is 0 Å². The zero-order valence-corrected chi connectivity index (χ0v) is 9.50. The second-order valence-corrected chi connectivity index (χ2v) is 5.32. The van der Waals surface area contributed by atoms with Gasteiger partial charge in [-0.05, 0) is 32.1 Å². The van der Waals surface area contributed by atoms with Crippen LogP contribution in [0.2, 0.25) is 0 Å². The van der Waals surface area contributed by atoms with E-state index in [1.54, 1.807) is 0 Å². The minimum atomic E-state index is 0.313. The summed E-state index contributed by atoms with van der Waals surface area (Å²) in [4.78, 5) is 2.68. The lowest BCUT2D eigenvalue weighted by atomic mass is 9.73. The van der Waals surface area contributed by atoms with E-state index in [0.29, 0.717) is 5.60 Å². The maximum absolute atomic E-state index is 5.98. The van der Waals surface area contributed by atoms with Crippen LogP contribution in [0.25, 0.3) is 0 Å². The van der Waals surface area contributed by atoms with Gasteiger partial charge in [0.25, 0.3) is 0 Å². The molecule has 0 aromatic rings. The number of piperazine rings is 1. The van der Waals surface area contributed by atoms with E-state index in [0.717, 1.165) is 12.6 Å². The molecule has 3 nitrogen and oxygen atoms in total. The fourth-order valence-electron chi connectivity index (χ4n) is 3.28. The second kappa shape index (κ2) is 4.04. The summed E-state index contributed by atoms with van der Waals surface area (Å²) in [6, 6.07) is 0.807. The third-order valence-electron chi connectivity index (χ3n) is 4.40. The van der Waals surface area contributed by atoms with Gasteiger partial charge in [-0.25, -0.2) is 0 Å². The average molecular weight is 210 g/mol. The Bertz CT molecular complexity index is 222. The van der Waals surface area contributed by atoms with Crippen molar-refractivity contribution in [2.45, 2.75) is 43.7 Å². The van der Waals surface area contributed by atoms with Gasteiger partial charge in [0.05, 0.1) is 5.60 Å². The van der Waals surface area contributed by atoms with Gasteiger partial charge in [-0.15, -0.1) is 0 Å². The summed E-state index contributed by atoms with van der Waals surface area (Å²) in [6.07, 6.45) is 6.56. The van der Waals surface area contributed by atoms with Crippen LogP contribution in [0, 0.1) is 0 Å². The average Bonchev–Trinajstić information content (AvgIpc) is 2.28. The highest BCUT2D eigenvalue weighted by molar-refractivity contribution is 4.97. The van der Waals surface area contributed by atoms with Crippen molar-refractivity contribution < 1.29 is 4.74 Å². The number of ether oxygens (including phenoxy) is 1. The molecule has 2 heterocycles. The Labute approximate surface area is 92.2 Å². The van der Waals surface area contributed by atoms with E-state index in [9.17, 15) is 0 Å². The van der Waals surface area contributed by atoms with Gasteiger partial charge in [0.15, 0.2) is 0 Å². The highest BCUT2D eigenvalue weighted by atomic mass is 16.5. The van der Waals surface area contributed by atoms with Crippen molar-refractivity contribution in [3.05, 3.63) is 0 Å². The summed E-state index contributed by atoms with van der Waals surface area (Å²) in [5.74, 6) is 0. The molecule has 15 heavy (non-hydrogen) atoms. The molecule has 2 saturated heterocycles. The normalized spacial score (nSPS) is 36.4. The third kappa shape index (κ3) is 1.93. The zero-order valence-electron chi connectivity index (χ0n) is 9.50. The molecule has 3 heteroatoms. The summed E-state index contributed by atoms with van der Waals surface area (Å²) in [7, 11) is 0. The van der Waals surface area contributed by atoms with E-state index in [-0.39, 0.29) is 0 Å². The van der Waals surface area contributed by atoms with Gasteiger partial charge in [0.1, 0.15) is 0 Å². The van der Waals surface area contributed by atoms with Crippen molar-refractivity contribution >= 4 is 0 Å². The molecule has 0 aromatic heterocycles. The third-order valence-corrected chi connectivity index (χ3v) is 4.40. The molecule has 0 amide bonds. The van der Waals surface area contributed by atoms with E-state index >= 15 is 0 Å². The predicted octanol–water partition coefficient (Wildman–Crippen LogP) is 0.993. The number of rotatable bonds is 1. The Morgan fingerprint density at radius 2 is 2.00 bits per heavy atom. The van der Waals surface area contributed by atoms with Crippen LogP contribution >= 0.6 is 0 Å². The topological polar surface area (TPSA) is 24.5 Å². The molecule has 1 aliphatic carbocycles. The van der Waals surface area contributed by atoms with Crippen LogP contribution in [-0.4, -0.2) is 49.3 Å². The Morgan fingerprint density at radius 1 is 1.20 bits per heavy atom. The maximum Gasteiger partial charge on any atom is 0.0697 e. The SMILES string of the molecule is C1CC2(C1)CC(N1CCNCC1)CCO2. The van der Waals surface area contributed by atoms with Crippen LogP contribution in [0.4, 0.5) is 0 Å². The van der Waals surface area contributed by atoms with Crippen molar-refractivity contribution in [2.75, 3.05) is 32.8 Å². The highest BCUT2D eigenvalue weighted by Crippen LogP contribution is 2.43. The van der Waals surface area contributed by atoms with Gasteiger partial charge in [0, 0.05) is 38.8 Å². The highest BCUT2D eigenvalue weighted by Gasteiger charge is 2.43. The fourth-order valence-corrected chi connectivity index (χ4v) is 3.28. The van der Waals surface area contributed by atoms with E-state index in [4.69, 9.17) is 4.74 Å². The van der Waals surface area contributed by atoms with Crippen LogP contribution < -0.4 is 5.32 Å². The fraction of sp³-hybridized carbons (Fsp3) is 1.00. The molecular formula is C12H22N2O. The lowest BCUT2D eigenvalue weighted by molar-refractivity contribution is -0.149. The van der Waals surface area contributed by atoms with Gasteiger partial charge in [-0.1, -0.05) is 0 Å². The van der Waals surface area contributed by atoms with Crippen molar-refractivity contribution in [3.8, 4) is 0 Å². The summed E-state index contributed by atoms with van der Waals surface area (Å²) >= 11 is 0. The van der Waals surface area contributed by atoms with Gasteiger partial charge < -0.3 is 10.1 Å². The van der Waals surface area contributed by atoms with Crippen LogP contribution in [0.3, 0.4) is 0 Å². The van der Waals surface area contributed by atoms with Crippen LogP contribution in [0.5, 0.6) is 0 Å². The van der Waals surface area contributed by atoms with Crippen LogP contribution in [-0.2, 0) is 4.74 Å². The van der Waals surface area contributed by atoms with Crippen molar-refractivity contribution in [1.82, 2.24) is 10.2 Å². The molecule has 1 saturated carbocycles. The van der Waals surface area contributed by atoms with Crippen LogP contribution in [0.1, 0.15) is 32.1 Å². The Morgan fingerprint density at radius 3 is 2.67 bits per heavy atom. The lowest BCUT2D eigenvalue weighted by Gasteiger charge is -2.50. The summed E-state index contributed by atoms with van der Waals surface area (Å²) in [6.45, 7) is 5.81. The maximum atomic E-state index is 5.98. The smallest absolute Gasteiger partial charge is 0.0697 e. The Hall–Kier alpha value is -0.120. The quantitative estimate of drug-likeness (QED) is 0.698. The molecule has 1 N–H and O–H groups in total. The first-order valence-corrected chi connectivity index (χ1v) is 6.47. The van der Waals surface area contributed by atoms with Gasteiger partial charge in [-0.2, -0.15) is 0 Å². The predicted molar refractivity (Wildman–Crippen MR) is 60.0 cm³/mol. The largest absolute Gasteiger partial charge is 0.375 e. The summed E-state index contributed by atoms with van der Waals surface area (Å²) < 4.78 is 5.98. The number of nitrogens with zero attached hydrogens (tertiary/aromatic N) is 1. The first kappa shape index (κ1) is 10.1.